The maximum atomic E-state index is 2.24. The number of fused-ring (bicyclic) bond motifs is 8. The minimum atomic E-state index is 1.30. The van der Waals surface area contributed by atoms with Crippen molar-refractivity contribution in [2.45, 2.75) is 0 Å². The molecule has 0 amide bonds. The topological polar surface area (TPSA) is 0 Å². The fraction of sp³-hybridized carbons (Fsp3) is 0. The van der Waals surface area contributed by atoms with Crippen LogP contribution in [0.3, 0.4) is 0 Å². The lowest BCUT2D eigenvalue weighted by Crippen LogP contribution is -1.96. The summed E-state index contributed by atoms with van der Waals surface area (Å²) in [5.41, 5.74) is 10.4. The molecule has 0 heteroatoms. The van der Waals surface area contributed by atoms with Crippen LogP contribution in [0.5, 0.6) is 0 Å². The highest BCUT2D eigenvalue weighted by molar-refractivity contribution is 6.02. The molecule has 0 N–H and O–H groups in total. The zero-order valence-corrected chi connectivity index (χ0v) is 20.2. The van der Waals surface area contributed by atoms with Crippen LogP contribution >= 0.6 is 0 Å². The van der Waals surface area contributed by atoms with Gasteiger partial charge in [0.25, 0.3) is 0 Å². The predicted octanol–water partition coefficient (Wildman–Crippen LogP) is 10.0. The van der Waals surface area contributed by atoms with Gasteiger partial charge in [-0.2, -0.15) is 0 Å². The maximum Gasteiger partial charge on any atom is -0.00990 e. The molecule has 0 spiro atoms. The van der Waals surface area contributed by atoms with Gasteiger partial charge in [0.05, 0.1) is 0 Å². The van der Waals surface area contributed by atoms with E-state index in [2.05, 4.69) is 97.1 Å². The number of hydrogen-bond donors (Lipinski definition) is 0. The molecule has 2 aliphatic carbocycles. The quantitative estimate of drug-likeness (QED) is 0.216. The molecular formula is C36H28. The van der Waals surface area contributed by atoms with Gasteiger partial charge in [-0.25, -0.2) is 0 Å². The number of benzene rings is 4. The number of hydrogen-bond acceptors (Lipinski definition) is 0. The van der Waals surface area contributed by atoms with Gasteiger partial charge in [0, 0.05) is 0 Å². The number of rotatable bonds is 0. The summed E-state index contributed by atoms with van der Waals surface area (Å²) in [6.45, 7) is 0. The second-order valence-electron chi connectivity index (χ2n) is 8.49. The fourth-order valence-electron chi connectivity index (χ4n) is 4.58. The minimum Gasteiger partial charge on any atom is -0.0623 e. The second kappa shape index (κ2) is 11.6. The Morgan fingerprint density at radius 2 is 0.278 bits per heavy atom. The van der Waals surface area contributed by atoms with Gasteiger partial charge in [-0.1, -0.05) is 170 Å². The molecule has 0 fully saturated rings. The molecular weight excluding hydrogens is 432 g/mol. The Kier molecular flexibility index (Phi) is 7.46. The largest absolute Gasteiger partial charge is 0.0623 e. The van der Waals surface area contributed by atoms with Crippen LogP contribution in [0.25, 0.3) is 44.5 Å². The number of allylic oxidation sites excluding steroid dienone is 12. The first-order chi connectivity index (χ1) is 17.9. The van der Waals surface area contributed by atoms with Crippen molar-refractivity contribution in [1.29, 1.82) is 0 Å². The van der Waals surface area contributed by atoms with Crippen molar-refractivity contribution in [3.63, 3.8) is 0 Å². The Balaban J connectivity index is 0.000000189. The molecule has 0 nitrogen and oxygen atoms in total. The zero-order valence-electron chi connectivity index (χ0n) is 20.2. The third kappa shape index (κ3) is 5.19. The first-order valence-corrected chi connectivity index (χ1v) is 12.3. The smallest absolute Gasteiger partial charge is 0.00990 e. The van der Waals surface area contributed by atoms with Crippen LogP contribution in [-0.4, -0.2) is 0 Å². The van der Waals surface area contributed by atoms with Crippen molar-refractivity contribution in [3.8, 4) is 44.5 Å². The second-order valence-corrected chi connectivity index (χ2v) is 8.49. The van der Waals surface area contributed by atoms with Gasteiger partial charge >= 0.3 is 0 Å². The molecule has 0 heterocycles. The van der Waals surface area contributed by atoms with E-state index >= 15 is 0 Å². The molecule has 0 bridgehead atoms. The van der Waals surface area contributed by atoms with E-state index in [1.165, 1.54) is 44.5 Å². The van der Waals surface area contributed by atoms with Crippen LogP contribution < -0.4 is 0 Å². The van der Waals surface area contributed by atoms with Gasteiger partial charge in [0.15, 0.2) is 0 Å². The highest BCUT2D eigenvalue weighted by Crippen LogP contribution is 2.47. The van der Waals surface area contributed by atoms with Gasteiger partial charge in [0.1, 0.15) is 0 Å². The van der Waals surface area contributed by atoms with E-state index in [4.69, 9.17) is 0 Å². The SMILES string of the molecule is C1=CC=CC=CC=CC=CC=C1.c1ccc2c(c1)-c1ccccc1-c1ccccc1-c1ccccc1-2. The van der Waals surface area contributed by atoms with Crippen LogP contribution in [0.2, 0.25) is 0 Å². The molecule has 0 saturated carbocycles. The summed E-state index contributed by atoms with van der Waals surface area (Å²) in [6.07, 6.45) is 24.0. The molecule has 36 heavy (non-hydrogen) atoms. The van der Waals surface area contributed by atoms with Crippen molar-refractivity contribution in [1.82, 2.24) is 0 Å². The van der Waals surface area contributed by atoms with Gasteiger partial charge in [-0.15, -0.1) is 0 Å². The maximum absolute atomic E-state index is 2.24. The molecule has 172 valence electrons. The summed E-state index contributed by atoms with van der Waals surface area (Å²) in [7, 11) is 0. The third-order valence-electron chi connectivity index (χ3n) is 6.20. The van der Waals surface area contributed by atoms with Gasteiger partial charge in [-0.3, -0.25) is 0 Å². The average Bonchev–Trinajstić information content (AvgIpc) is 2.93. The summed E-state index contributed by atoms with van der Waals surface area (Å²) in [5, 5.41) is 0. The van der Waals surface area contributed by atoms with Crippen LogP contribution in [0, 0.1) is 0 Å². The Morgan fingerprint density at radius 3 is 0.389 bits per heavy atom. The first-order valence-electron chi connectivity index (χ1n) is 12.3. The Hall–Kier alpha value is -4.68. The molecule has 6 rings (SSSR count). The van der Waals surface area contributed by atoms with E-state index in [-0.39, 0.29) is 0 Å². The average molecular weight is 461 g/mol. The molecule has 0 aliphatic heterocycles. The van der Waals surface area contributed by atoms with Crippen LogP contribution in [0.4, 0.5) is 0 Å². The van der Waals surface area contributed by atoms with Crippen LogP contribution in [0.15, 0.2) is 170 Å². The molecule has 0 radical (unpaired) electrons. The van der Waals surface area contributed by atoms with E-state index in [1.54, 1.807) is 0 Å². The lowest BCUT2D eigenvalue weighted by Gasteiger charge is -2.22. The van der Waals surface area contributed by atoms with Crippen LogP contribution in [0.1, 0.15) is 0 Å². The van der Waals surface area contributed by atoms with Gasteiger partial charge in [0.2, 0.25) is 0 Å². The van der Waals surface area contributed by atoms with Crippen molar-refractivity contribution in [2.24, 2.45) is 0 Å². The molecule has 2 aliphatic rings. The van der Waals surface area contributed by atoms with E-state index in [0.29, 0.717) is 0 Å². The third-order valence-corrected chi connectivity index (χ3v) is 6.20. The lowest BCUT2D eigenvalue weighted by molar-refractivity contribution is 1.52. The summed E-state index contributed by atoms with van der Waals surface area (Å²) in [5.74, 6) is 0. The predicted molar refractivity (Wildman–Crippen MR) is 157 cm³/mol. The van der Waals surface area contributed by atoms with Crippen molar-refractivity contribution >= 4 is 0 Å². The van der Waals surface area contributed by atoms with Crippen molar-refractivity contribution in [3.05, 3.63) is 170 Å². The van der Waals surface area contributed by atoms with Gasteiger partial charge < -0.3 is 0 Å². The normalized spacial score (nSPS) is 12.9. The van der Waals surface area contributed by atoms with Crippen molar-refractivity contribution < 1.29 is 0 Å². The van der Waals surface area contributed by atoms with Crippen LogP contribution in [-0.2, 0) is 0 Å². The van der Waals surface area contributed by atoms with E-state index < -0.39 is 0 Å². The Bertz CT molecular complexity index is 1130. The van der Waals surface area contributed by atoms with Crippen molar-refractivity contribution in [2.75, 3.05) is 0 Å². The molecule has 0 atom stereocenters. The summed E-state index contributed by atoms with van der Waals surface area (Å²) < 4.78 is 0. The summed E-state index contributed by atoms with van der Waals surface area (Å²) in [4.78, 5) is 0. The molecule has 0 saturated heterocycles. The van der Waals surface area contributed by atoms with E-state index in [9.17, 15) is 0 Å². The molecule has 0 aromatic heterocycles. The van der Waals surface area contributed by atoms with E-state index in [0.717, 1.165) is 0 Å². The molecule has 0 unspecified atom stereocenters. The molecule has 4 aromatic rings. The standard InChI is InChI=1S/C24H16.C12H12/c1-2-10-18-17(9-1)19-11-3-4-13-21(19)23-15-7-8-16-24(23)22-14-6-5-12-20(18)22;1-2-4-6-8-10-12-11-9-7-5-3-1/h1-16H;1-12H. The molecule has 4 aromatic carbocycles. The lowest BCUT2D eigenvalue weighted by atomic mass is 9.81. The first kappa shape index (κ1) is 23.1. The highest BCUT2D eigenvalue weighted by Gasteiger charge is 2.20. The highest BCUT2D eigenvalue weighted by atomic mass is 14.2. The fourth-order valence-corrected chi connectivity index (χ4v) is 4.58. The monoisotopic (exact) mass is 460 g/mol. The minimum absolute atomic E-state index is 1.30. The van der Waals surface area contributed by atoms with Gasteiger partial charge in [-0.05, 0) is 44.5 Å². The Labute approximate surface area is 214 Å². The zero-order chi connectivity index (χ0) is 24.4. The summed E-state index contributed by atoms with van der Waals surface area (Å²) >= 11 is 0. The van der Waals surface area contributed by atoms with E-state index in [1.807, 2.05) is 72.9 Å². The Morgan fingerprint density at radius 1 is 0.167 bits per heavy atom. The summed E-state index contributed by atoms with van der Waals surface area (Å²) in [6, 6.07) is 34.9.